The normalized spacial score (nSPS) is 8.38. The summed E-state index contributed by atoms with van der Waals surface area (Å²) < 4.78 is 0.761. The van der Waals surface area contributed by atoms with Crippen molar-refractivity contribution in [1.29, 1.82) is 0 Å². The van der Waals surface area contributed by atoms with E-state index in [-0.39, 0.29) is 19.5 Å². The minimum Gasteiger partial charge on any atom is -0.411 e. The fourth-order valence-corrected chi connectivity index (χ4v) is 1.75. The second kappa shape index (κ2) is 11.9. The van der Waals surface area contributed by atoms with Gasteiger partial charge >= 0.3 is 19.5 Å². The molecule has 0 amide bonds. The minimum atomic E-state index is 0. The molecule has 2 nitrogen and oxygen atoms in total. The van der Waals surface area contributed by atoms with Gasteiger partial charge in [0.15, 0.2) is 0 Å². The van der Waals surface area contributed by atoms with Crippen molar-refractivity contribution in [3.63, 3.8) is 0 Å². The van der Waals surface area contributed by atoms with E-state index in [1.807, 2.05) is 60.7 Å². The van der Waals surface area contributed by atoms with Crippen LogP contribution in [-0.2, 0) is 44.7 Å². The molecule has 2 aromatic rings. The van der Waals surface area contributed by atoms with Gasteiger partial charge in [0.1, 0.15) is 0 Å². The Kier molecular flexibility index (Phi) is 11.5. The Bertz CT molecular complexity index is 498. The van der Waals surface area contributed by atoms with Gasteiger partial charge in [-0.15, -0.1) is 0 Å². The van der Waals surface area contributed by atoms with Crippen molar-refractivity contribution >= 4 is 69.7 Å². The maximum Gasteiger partial charge on any atom is 2.00 e. The van der Waals surface area contributed by atoms with Gasteiger partial charge in [0, 0.05) is 11.4 Å². The Hall–Kier alpha value is -0.717. The van der Waals surface area contributed by atoms with Crippen molar-refractivity contribution in [3.8, 4) is 0 Å². The molecule has 0 saturated carbocycles. The molecule has 0 aliphatic rings. The molecule has 0 aliphatic carbocycles. The standard InChI is InChI=1S/2C7H7NS2.Zn/c2*9-7(10)8-6-4-2-1-3-5-6;/h2*1-5H,(H2,8,9,10);/q;;+2/p-2. The molecule has 0 bridgehead atoms. The fraction of sp³-hybridized carbons (Fsp3) is 0. The van der Waals surface area contributed by atoms with E-state index in [9.17, 15) is 0 Å². The van der Waals surface area contributed by atoms with Crippen LogP contribution in [0.2, 0.25) is 0 Å². The van der Waals surface area contributed by atoms with Crippen LogP contribution in [0.3, 0.4) is 0 Å². The van der Waals surface area contributed by atoms with Crippen molar-refractivity contribution < 1.29 is 19.5 Å². The van der Waals surface area contributed by atoms with E-state index in [0.29, 0.717) is 8.64 Å². The van der Waals surface area contributed by atoms with Crippen molar-refractivity contribution in [3.05, 3.63) is 60.7 Å². The quantitative estimate of drug-likeness (QED) is 0.450. The van der Waals surface area contributed by atoms with Gasteiger partial charge in [0.05, 0.1) is 0 Å². The third-order valence-corrected chi connectivity index (χ3v) is 2.45. The molecular formula is C14H12N2S4Zn. The van der Waals surface area contributed by atoms with E-state index < -0.39 is 0 Å². The number of thiocarbonyl (C=S) groups is 2. The zero-order valence-electron chi connectivity index (χ0n) is 11.1. The molecule has 0 aromatic heterocycles. The van der Waals surface area contributed by atoms with Gasteiger partial charge in [-0.05, 0) is 24.3 Å². The Balaban J connectivity index is 0.000000364. The molecule has 2 rings (SSSR count). The topological polar surface area (TPSA) is 24.1 Å². The van der Waals surface area contributed by atoms with Crippen LogP contribution in [0.4, 0.5) is 11.4 Å². The average Bonchev–Trinajstić information content (AvgIpc) is 2.40. The summed E-state index contributed by atoms with van der Waals surface area (Å²) >= 11 is 18.7. The largest absolute Gasteiger partial charge is 2.00 e. The van der Waals surface area contributed by atoms with Crippen LogP contribution in [0.5, 0.6) is 0 Å². The van der Waals surface area contributed by atoms with Crippen LogP contribution in [0.15, 0.2) is 60.7 Å². The first-order chi connectivity index (χ1) is 9.58. The summed E-state index contributed by atoms with van der Waals surface area (Å²) in [6.45, 7) is 0. The van der Waals surface area contributed by atoms with Gasteiger partial charge in [0.2, 0.25) is 0 Å². The summed E-state index contributed by atoms with van der Waals surface area (Å²) in [6.07, 6.45) is 0. The first-order valence-electron chi connectivity index (χ1n) is 5.64. The summed E-state index contributed by atoms with van der Waals surface area (Å²) in [5, 5.41) is 5.70. The summed E-state index contributed by atoms with van der Waals surface area (Å²) in [5.41, 5.74) is 1.89. The van der Waals surface area contributed by atoms with Crippen LogP contribution in [-0.4, -0.2) is 8.64 Å². The van der Waals surface area contributed by atoms with E-state index in [1.54, 1.807) is 0 Å². The third kappa shape index (κ3) is 10.6. The van der Waals surface area contributed by atoms with E-state index >= 15 is 0 Å². The molecule has 0 saturated heterocycles. The monoisotopic (exact) mass is 400 g/mol. The molecule has 104 valence electrons. The van der Waals surface area contributed by atoms with Gasteiger partial charge < -0.3 is 60.3 Å². The SMILES string of the molecule is S=C([S-])Nc1ccccc1.S=C([S-])Nc1ccccc1.[Zn+2]. The number of benzene rings is 2. The molecular weight excluding hydrogens is 390 g/mol. The Morgan fingerprint density at radius 1 is 0.667 bits per heavy atom. The summed E-state index contributed by atoms with van der Waals surface area (Å²) in [7, 11) is 0. The molecule has 0 fully saturated rings. The van der Waals surface area contributed by atoms with Crippen molar-refractivity contribution in [2.24, 2.45) is 0 Å². The maximum atomic E-state index is 4.68. The molecule has 0 radical (unpaired) electrons. The number of anilines is 2. The summed E-state index contributed by atoms with van der Waals surface area (Å²) in [6, 6.07) is 19.3. The van der Waals surface area contributed by atoms with Crippen LogP contribution in [0.25, 0.3) is 0 Å². The molecule has 0 spiro atoms. The van der Waals surface area contributed by atoms with Gasteiger partial charge in [0.25, 0.3) is 0 Å². The number of rotatable bonds is 2. The molecule has 21 heavy (non-hydrogen) atoms. The third-order valence-electron chi connectivity index (χ3n) is 2.04. The molecule has 2 N–H and O–H groups in total. The average molecular weight is 402 g/mol. The Morgan fingerprint density at radius 2 is 0.952 bits per heavy atom. The van der Waals surface area contributed by atoms with Crippen LogP contribution < -0.4 is 10.6 Å². The second-order valence-electron chi connectivity index (χ2n) is 3.56. The van der Waals surface area contributed by atoms with E-state index in [1.165, 1.54) is 0 Å². The smallest absolute Gasteiger partial charge is 0.411 e. The number of para-hydroxylation sites is 2. The summed E-state index contributed by atoms with van der Waals surface area (Å²) in [4.78, 5) is 0. The number of hydrogen-bond acceptors (Lipinski definition) is 4. The molecule has 0 aliphatic heterocycles. The molecule has 0 unspecified atom stereocenters. The van der Waals surface area contributed by atoms with Gasteiger partial charge in [-0.1, -0.05) is 45.0 Å². The van der Waals surface area contributed by atoms with Gasteiger partial charge in [-0.25, -0.2) is 0 Å². The van der Waals surface area contributed by atoms with Crippen LogP contribution >= 0.6 is 24.4 Å². The van der Waals surface area contributed by atoms with Crippen LogP contribution in [0, 0.1) is 0 Å². The van der Waals surface area contributed by atoms with Crippen molar-refractivity contribution in [2.75, 3.05) is 10.6 Å². The fourth-order valence-electron chi connectivity index (χ4n) is 1.28. The molecule has 2 aromatic carbocycles. The van der Waals surface area contributed by atoms with E-state index in [0.717, 1.165) is 11.4 Å². The molecule has 0 heterocycles. The zero-order chi connectivity index (χ0) is 14.8. The van der Waals surface area contributed by atoms with Crippen molar-refractivity contribution in [1.82, 2.24) is 0 Å². The predicted molar refractivity (Wildman–Crippen MR) is 100 cm³/mol. The molecule has 7 heteroatoms. The van der Waals surface area contributed by atoms with Gasteiger partial charge in [-0.2, -0.15) is 0 Å². The van der Waals surface area contributed by atoms with Crippen molar-refractivity contribution in [2.45, 2.75) is 0 Å². The first-order valence-corrected chi connectivity index (χ1v) is 7.27. The number of nitrogens with one attached hydrogen (secondary N) is 2. The van der Waals surface area contributed by atoms with E-state index in [4.69, 9.17) is 0 Å². The Labute approximate surface area is 159 Å². The second-order valence-corrected chi connectivity index (χ2v) is 5.71. The van der Waals surface area contributed by atoms with Gasteiger partial charge in [-0.3, -0.25) is 0 Å². The van der Waals surface area contributed by atoms with E-state index in [2.05, 4.69) is 60.3 Å². The first kappa shape index (κ1) is 20.3. The summed E-state index contributed by atoms with van der Waals surface area (Å²) in [5.74, 6) is 0. The zero-order valence-corrected chi connectivity index (χ0v) is 17.3. The minimum absolute atomic E-state index is 0. The Morgan fingerprint density at radius 3 is 1.19 bits per heavy atom. The van der Waals surface area contributed by atoms with Crippen LogP contribution in [0.1, 0.15) is 0 Å². The predicted octanol–water partition coefficient (Wildman–Crippen LogP) is 3.86. The number of hydrogen-bond donors (Lipinski definition) is 2. The maximum absolute atomic E-state index is 4.68. The molecule has 0 atom stereocenters.